The molecular formula is C14H19N3O2S2. The summed E-state index contributed by atoms with van der Waals surface area (Å²) in [6.45, 7) is 2.06. The number of nitrogens with zero attached hydrogens (tertiary/aromatic N) is 1. The van der Waals surface area contributed by atoms with Crippen LogP contribution in [0.4, 0.5) is 0 Å². The third-order valence-electron chi connectivity index (χ3n) is 3.86. The van der Waals surface area contributed by atoms with E-state index in [1.165, 1.54) is 30.6 Å². The van der Waals surface area contributed by atoms with Gasteiger partial charge in [-0.05, 0) is 37.4 Å². The predicted molar refractivity (Wildman–Crippen MR) is 85.0 cm³/mol. The van der Waals surface area contributed by atoms with Crippen LogP contribution in [-0.4, -0.2) is 33.0 Å². The van der Waals surface area contributed by atoms with Crippen LogP contribution >= 0.6 is 11.3 Å². The Balaban J connectivity index is 1.57. The summed E-state index contributed by atoms with van der Waals surface area (Å²) in [6.07, 6.45) is 3.93. The summed E-state index contributed by atoms with van der Waals surface area (Å²) in [7, 11) is -3.47. The highest BCUT2D eigenvalue weighted by Crippen LogP contribution is 2.26. The van der Waals surface area contributed by atoms with E-state index in [1.54, 1.807) is 17.6 Å². The SMILES string of the molecule is O=S(=O)(NCCNCC1CCC1)c1cccc2ncsc12. The molecule has 0 spiro atoms. The average Bonchev–Trinajstić information content (AvgIpc) is 2.88. The molecule has 0 radical (unpaired) electrons. The van der Waals surface area contributed by atoms with Crippen LogP contribution in [-0.2, 0) is 10.0 Å². The first-order valence-corrected chi connectivity index (χ1v) is 9.56. The number of hydrogen-bond acceptors (Lipinski definition) is 5. The first-order chi connectivity index (χ1) is 10.2. The molecule has 2 N–H and O–H groups in total. The second kappa shape index (κ2) is 6.39. The molecule has 1 aliphatic carbocycles. The van der Waals surface area contributed by atoms with Crippen molar-refractivity contribution in [1.29, 1.82) is 0 Å². The monoisotopic (exact) mass is 325 g/mol. The van der Waals surface area contributed by atoms with Gasteiger partial charge in [0.15, 0.2) is 0 Å². The maximum absolute atomic E-state index is 12.3. The van der Waals surface area contributed by atoms with Crippen LogP contribution in [0.2, 0.25) is 0 Å². The van der Waals surface area contributed by atoms with Gasteiger partial charge in [-0.15, -0.1) is 11.3 Å². The fraction of sp³-hybridized carbons (Fsp3) is 0.500. The van der Waals surface area contributed by atoms with Gasteiger partial charge in [0.05, 0.1) is 15.7 Å². The quantitative estimate of drug-likeness (QED) is 0.764. The molecule has 1 fully saturated rings. The highest BCUT2D eigenvalue weighted by Gasteiger charge is 2.19. The van der Waals surface area contributed by atoms with Gasteiger partial charge in [-0.3, -0.25) is 0 Å². The number of benzene rings is 1. The number of nitrogens with one attached hydrogen (secondary N) is 2. The summed E-state index contributed by atoms with van der Waals surface area (Å²) in [5, 5.41) is 3.31. The maximum Gasteiger partial charge on any atom is 0.242 e. The summed E-state index contributed by atoms with van der Waals surface area (Å²) in [5.74, 6) is 0.785. The summed E-state index contributed by atoms with van der Waals surface area (Å²) in [6, 6.07) is 5.18. The van der Waals surface area contributed by atoms with Crippen LogP contribution in [0.25, 0.3) is 10.2 Å². The Morgan fingerprint density at radius 2 is 2.14 bits per heavy atom. The zero-order valence-electron chi connectivity index (χ0n) is 11.7. The predicted octanol–water partition coefficient (Wildman–Crippen LogP) is 1.96. The topological polar surface area (TPSA) is 71.1 Å². The Labute approximate surface area is 128 Å². The van der Waals surface area contributed by atoms with Crippen molar-refractivity contribution in [3.05, 3.63) is 23.7 Å². The van der Waals surface area contributed by atoms with Crippen LogP contribution in [0.5, 0.6) is 0 Å². The van der Waals surface area contributed by atoms with Gasteiger partial charge in [0.25, 0.3) is 0 Å². The van der Waals surface area contributed by atoms with E-state index in [1.807, 2.05) is 6.07 Å². The Bertz CT molecular complexity index is 708. The van der Waals surface area contributed by atoms with Gasteiger partial charge >= 0.3 is 0 Å². The fourth-order valence-corrected chi connectivity index (χ4v) is 4.73. The molecule has 0 aliphatic heterocycles. The standard InChI is InChI=1S/C14H19N3O2S2/c18-21(19,17-8-7-15-9-11-3-1-4-11)13-6-2-5-12-14(13)20-10-16-12/h2,5-6,10-11,15,17H,1,3-4,7-9H2. The minimum atomic E-state index is -3.47. The van der Waals surface area contributed by atoms with Gasteiger partial charge < -0.3 is 5.32 Å². The highest BCUT2D eigenvalue weighted by molar-refractivity contribution is 7.90. The third-order valence-corrected chi connectivity index (χ3v) is 6.37. The lowest BCUT2D eigenvalue weighted by Crippen LogP contribution is -2.35. The first-order valence-electron chi connectivity index (χ1n) is 7.19. The maximum atomic E-state index is 12.3. The Kier molecular flexibility index (Phi) is 4.54. The van der Waals surface area contributed by atoms with E-state index in [0.29, 0.717) is 22.7 Å². The second-order valence-electron chi connectivity index (χ2n) is 5.36. The van der Waals surface area contributed by atoms with Crippen LogP contribution in [0.15, 0.2) is 28.6 Å². The summed E-state index contributed by atoms with van der Waals surface area (Å²) in [5.41, 5.74) is 2.40. The molecule has 114 valence electrons. The molecule has 3 rings (SSSR count). The van der Waals surface area contributed by atoms with E-state index >= 15 is 0 Å². The van der Waals surface area contributed by atoms with Gasteiger partial charge in [0.1, 0.15) is 4.90 Å². The number of aromatic nitrogens is 1. The van der Waals surface area contributed by atoms with Gasteiger partial charge in [-0.2, -0.15) is 0 Å². The Hall–Kier alpha value is -1.02. The second-order valence-corrected chi connectivity index (χ2v) is 7.95. The van der Waals surface area contributed by atoms with Crippen molar-refractivity contribution in [2.45, 2.75) is 24.2 Å². The van der Waals surface area contributed by atoms with Crippen molar-refractivity contribution in [2.24, 2.45) is 5.92 Å². The van der Waals surface area contributed by atoms with Gasteiger partial charge in [0.2, 0.25) is 10.0 Å². The van der Waals surface area contributed by atoms with Crippen molar-refractivity contribution in [1.82, 2.24) is 15.0 Å². The zero-order chi connectivity index (χ0) is 14.7. The Morgan fingerprint density at radius 3 is 2.90 bits per heavy atom. The number of fused-ring (bicyclic) bond motifs is 1. The lowest BCUT2D eigenvalue weighted by Gasteiger charge is -2.25. The molecule has 1 aliphatic rings. The van der Waals surface area contributed by atoms with E-state index < -0.39 is 10.0 Å². The molecule has 1 heterocycles. The average molecular weight is 325 g/mol. The molecule has 0 unspecified atom stereocenters. The normalized spacial score (nSPS) is 16.2. The number of sulfonamides is 1. The minimum absolute atomic E-state index is 0.321. The molecule has 1 aromatic heterocycles. The summed E-state index contributed by atoms with van der Waals surface area (Å²) >= 11 is 1.35. The van der Waals surface area contributed by atoms with Crippen LogP contribution in [0.3, 0.4) is 0 Å². The van der Waals surface area contributed by atoms with Crippen molar-refractivity contribution in [3.8, 4) is 0 Å². The van der Waals surface area contributed by atoms with Gasteiger partial charge in [-0.25, -0.2) is 18.1 Å². The smallest absolute Gasteiger partial charge is 0.242 e. The molecular weight excluding hydrogens is 306 g/mol. The summed E-state index contributed by atoms with van der Waals surface area (Å²) < 4.78 is 28.1. The van der Waals surface area contributed by atoms with Crippen molar-refractivity contribution >= 4 is 31.6 Å². The van der Waals surface area contributed by atoms with Gasteiger partial charge in [0, 0.05) is 13.1 Å². The van der Waals surface area contributed by atoms with E-state index in [4.69, 9.17) is 0 Å². The molecule has 2 aromatic rings. The number of thiazole rings is 1. The lowest BCUT2D eigenvalue weighted by atomic mass is 9.85. The van der Waals surface area contributed by atoms with E-state index in [2.05, 4.69) is 15.0 Å². The molecule has 5 nitrogen and oxygen atoms in total. The van der Waals surface area contributed by atoms with Gasteiger partial charge in [-0.1, -0.05) is 12.5 Å². The molecule has 0 saturated heterocycles. The molecule has 1 saturated carbocycles. The van der Waals surface area contributed by atoms with E-state index in [0.717, 1.165) is 18.0 Å². The van der Waals surface area contributed by atoms with Crippen molar-refractivity contribution in [3.63, 3.8) is 0 Å². The van der Waals surface area contributed by atoms with Crippen LogP contribution in [0, 0.1) is 5.92 Å². The molecule has 0 atom stereocenters. The number of rotatable bonds is 7. The lowest BCUT2D eigenvalue weighted by molar-refractivity contribution is 0.303. The fourth-order valence-electron chi connectivity index (χ4n) is 2.43. The molecule has 0 bridgehead atoms. The highest BCUT2D eigenvalue weighted by atomic mass is 32.2. The first kappa shape index (κ1) is 14.9. The molecule has 1 aromatic carbocycles. The largest absolute Gasteiger partial charge is 0.315 e. The van der Waals surface area contributed by atoms with Crippen molar-refractivity contribution in [2.75, 3.05) is 19.6 Å². The summed E-state index contributed by atoms with van der Waals surface area (Å²) in [4.78, 5) is 4.47. The van der Waals surface area contributed by atoms with Crippen molar-refractivity contribution < 1.29 is 8.42 Å². The number of hydrogen-bond donors (Lipinski definition) is 2. The van der Waals surface area contributed by atoms with E-state index in [-0.39, 0.29) is 0 Å². The van der Waals surface area contributed by atoms with E-state index in [9.17, 15) is 8.42 Å². The van der Waals surface area contributed by atoms with Crippen LogP contribution < -0.4 is 10.0 Å². The molecule has 7 heteroatoms. The Morgan fingerprint density at radius 1 is 1.29 bits per heavy atom. The minimum Gasteiger partial charge on any atom is -0.315 e. The molecule has 21 heavy (non-hydrogen) atoms. The molecule has 0 amide bonds. The third kappa shape index (κ3) is 3.42. The zero-order valence-corrected chi connectivity index (χ0v) is 13.3. The van der Waals surface area contributed by atoms with Crippen LogP contribution in [0.1, 0.15) is 19.3 Å².